The van der Waals surface area contributed by atoms with Gasteiger partial charge in [0.1, 0.15) is 5.82 Å². The molecule has 5 heterocycles. The lowest BCUT2D eigenvalue weighted by Crippen LogP contribution is -2.46. The van der Waals surface area contributed by atoms with Crippen LogP contribution in [0.25, 0.3) is 10.9 Å². The highest BCUT2D eigenvalue weighted by atomic mass is 32.1. The van der Waals surface area contributed by atoms with Crippen molar-refractivity contribution in [1.82, 2.24) is 19.9 Å². The molecule has 0 aliphatic carbocycles. The first-order valence-electron chi connectivity index (χ1n) is 10.4. The lowest BCUT2D eigenvalue weighted by molar-refractivity contribution is 0.507. The average molecular weight is 415 g/mol. The zero-order valence-corrected chi connectivity index (χ0v) is 17.4. The SMILES string of the molecule is c1ccc2nc(N3CC(c4nccnc4N4CC[C@@H](c5nccs5)C4)C3)ccc2c1. The second kappa shape index (κ2) is 7.32. The number of thiazole rings is 1. The first-order chi connectivity index (χ1) is 14.8. The predicted octanol–water partition coefficient (Wildman–Crippen LogP) is 4.08. The Morgan fingerprint density at radius 2 is 1.70 bits per heavy atom. The number of hydrogen-bond acceptors (Lipinski definition) is 7. The summed E-state index contributed by atoms with van der Waals surface area (Å²) >= 11 is 1.75. The molecule has 3 aromatic heterocycles. The summed E-state index contributed by atoms with van der Waals surface area (Å²) in [5, 5.41) is 4.48. The van der Waals surface area contributed by atoms with Crippen LogP contribution in [0, 0.1) is 0 Å². The highest BCUT2D eigenvalue weighted by molar-refractivity contribution is 7.09. The van der Waals surface area contributed by atoms with Gasteiger partial charge in [0.25, 0.3) is 0 Å². The van der Waals surface area contributed by atoms with Crippen molar-refractivity contribution in [3.63, 3.8) is 0 Å². The quantitative estimate of drug-likeness (QED) is 0.502. The highest BCUT2D eigenvalue weighted by Gasteiger charge is 2.35. The summed E-state index contributed by atoms with van der Waals surface area (Å²) in [4.78, 5) is 23.6. The van der Waals surface area contributed by atoms with Crippen LogP contribution in [0.4, 0.5) is 11.6 Å². The number of para-hydroxylation sites is 1. The van der Waals surface area contributed by atoms with Crippen molar-refractivity contribution in [2.45, 2.75) is 18.3 Å². The van der Waals surface area contributed by atoms with Crippen LogP contribution in [0.1, 0.15) is 29.0 Å². The number of benzene rings is 1. The molecule has 2 aliphatic heterocycles. The molecule has 0 radical (unpaired) electrons. The third-order valence-corrected chi connectivity index (χ3v) is 7.11. The molecule has 2 fully saturated rings. The molecule has 7 heteroatoms. The molecular formula is C23H22N6S. The van der Waals surface area contributed by atoms with Crippen LogP contribution in [0.2, 0.25) is 0 Å². The van der Waals surface area contributed by atoms with Crippen molar-refractivity contribution >= 4 is 33.9 Å². The van der Waals surface area contributed by atoms with Crippen molar-refractivity contribution in [1.29, 1.82) is 0 Å². The normalized spacial score (nSPS) is 19.4. The summed E-state index contributed by atoms with van der Waals surface area (Å²) in [7, 11) is 0. The lowest BCUT2D eigenvalue weighted by atomic mass is 9.95. The van der Waals surface area contributed by atoms with Crippen molar-refractivity contribution in [2.75, 3.05) is 36.0 Å². The molecule has 150 valence electrons. The maximum absolute atomic E-state index is 4.84. The molecule has 30 heavy (non-hydrogen) atoms. The van der Waals surface area contributed by atoms with Crippen LogP contribution in [-0.2, 0) is 0 Å². The molecule has 0 bridgehead atoms. The number of anilines is 2. The molecule has 1 atom stereocenters. The predicted molar refractivity (Wildman–Crippen MR) is 120 cm³/mol. The minimum Gasteiger partial charge on any atom is -0.355 e. The van der Waals surface area contributed by atoms with E-state index in [9.17, 15) is 0 Å². The Kier molecular flexibility index (Phi) is 4.34. The van der Waals surface area contributed by atoms with E-state index < -0.39 is 0 Å². The molecular weight excluding hydrogens is 392 g/mol. The maximum atomic E-state index is 4.84. The van der Waals surface area contributed by atoms with Gasteiger partial charge in [-0.25, -0.2) is 15.0 Å². The van der Waals surface area contributed by atoms with E-state index >= 15 is 0 Å². The zero-order valence-electron chi connectivity index (χ0n) is 16.6. The summed E-state index contributed by atoms with van der Waals surface area (Å²) in [6, 6.07) is 12.5. The topological polar surface area (TPSA) is 58.0 Å². The molecule has 0 saturated carbocycles. The van der Waals surface area contributed by atoms with Gasteiger partial charge in [-0.05, 0) is 24.6 Å². The van der Waals surface area contributed by atoms with Gasteiger partial charge in [0.2, 0.25) is 0 Å². The van der Waals surface area contributed by atoms with E-state index in [0.29, 0.717) is 11.8 Å². The van der Waals surface area contributed by atoms with E-state index in [2.05, 4.69) is 50.5 Å². The van der Waals surface area contributed by atoms with Crippen molar-refractivity contribution < 1.29 is 0 Å². The monoisotopic (exact) mass is 414 g/mol. The minimum atomic E-state index is 0.390. The van der Waals surface area contributed by atoms with Gasteiger partial charge in [0.05, 0.1) is 16.2 Å². The van der Waals surface area contributed by atoms with Gasteiger partial charge >= 0.3 is 0 Å². The summed E-state index contributed by atoms with van der Waals surface area (Å²) in [6.45, 7) is 3.85. The molecule has 2 aliphatic rings. The third-order valence-electron chi connectivity index (χ3n) is 6.17. The van der Waals surface area contributed by atoms with Gasteiger partial charge in [-0.3, -0.25) is 4.98 Å². The molecule has 0 unspecified atom stereocenters. The summed E-state index contributed by atoms with van der Waals surface area (Å²) in [6.07, 6.45) is 6.67. The van der Waals surface area contributed by atoms with Gasteiger partial charge < -0.3 is 9.80 Å². The minimum absolute atomic E-state index is 0.390. The van der Waals surface area contributed by atoms with Gasteiger partial charge in [-0.1, -0.05) is 18.2 Å². The fraction of sp³-hybridized carbons (Fsp3) is 0.304. The maximum Gasteiger partial charge on any atom is 0.150 e. The Morgan fingerprint density at radius 3 is 2.60 bits per heavy atom. The molecule has 1 aromatic carbocycles. The number of fused-ring (bicyclic) bond motifs is 1. The summed E-state index contributed by atoms with van der Waals surface area (Å²) < 4.78 is 0. The molecule has 0 amide bonds. The lowest BCUT2D eigenvalue weighted by Gasteiger charge is -2.40. The van der Waals surface area contributed by atoms with Gasteiger partial charge in [0, 0.05) is 67.4 Å². The zero-order chi connectivity index (χ0) is 19.9. The largest absolute Gasteiger partial charge is 0.355 e. The number of pyridine rings is 1. The van der Waals surface area contributed by atoms with E-state index in [0.717, 1.165) is 55.4 Å². The van der Waals surface area contributed by atoms with Crippen LogP contribution in [0.15, 0.2) is 60.4 Å². The van der Waals surface area contributed by atoms with E-state index in [1.165, 1.54) is 10.4 Å². The van der Waals surface area contributed by atoms with E-state index in [4.69, 9.17) is 15.0 Å². The van der Waals surface area contributed by atoms with Crippen LogP contribution in [0.5, 0.6) is 0 Å². The molecule has 0 spiro atoms. The van der Waals surface area contributed by atoms with Crippen LogP contribution < -0.4 is 9.80 Å². The van der Waals surface area contributed by atoms with E-state index in [1.807, 2.05) is 24.7 Å². The van der Waals surface area contributed by atoms with Crippen LogP contribution in [-0.4, -0.2) is 46.1 Å². The van der Waals surface area contributed by atoms with Crippen molar-refractivity contribution in [3.8, 4) is 0 Å². The summed E-state index contributed by atoms with van der Waals surface area (Å²) in [5.41, 5.74) is 2.17. The smallest absolute Gasteiger partial charge is 0.150 e. The molecule has 4 aromatic rings. The molecule has 6 rings (SSSR count). The number of hydrogen-bond donors (Lipinski definition) is 0. The second-order valence-corrected chi connectivity index (χ2v) is 8.96. The first-order valence-corrected chi connectivity index (χ1v) is 11.3. The fourth-order valence-electron chi connectivity index (χ4n) is 4.53. The Bertz CT molecular complexity index is 1170. The Labute approximate surface area is 179 Å². The third kappa shape index (κ3) is 3.10. The first kappa shape index (κ1) is 17.8. The van der Waals surface area contributed by atoms with Gasteiger partial charge in [-0.2, -0.15) is 0 Å². The van der Waals surface area contributed by atoms with Gasteiger partial charge in [0.15, 0.2) is 5.82 Å². The van der Waals surface area contributed by atoms with Crippen LogP contribution in [0.3, 0.4) is 0 Å². The molecule has 2 saturated heterocycles. The Hall–Kier alpha value is -3.06. The number of nitrogens with zero attached hydrogens (tertiary/aromatic N) is 6. The van der Waals surface area contributed by atoms with Crippen molar-refractivity contribution in [2.24, 2.45) is 0 Å². The Balaban J connectivity index is 1.19. The fourth-order valence-corrected chi connectivity index (χ4v) is 5.30. The average Bonchev–Trinajstić information content (AvgIpc) is 3.45. The second-order valence-electron chi connectivity index (χ2n) is 8.03. The standard InChI is InChI=1S/C23H22N6S/c1-2-4-19-16(3-1)5-6-20(27-19)29-14-18(15-29)21-22(25-9-8-24-21)28-11-7-17(13-28)23-26-10-12-30-23/h1-6,8-10,12,17-18H,7,11,13-15H2/t17-/m1/s1. The Morgan fingerprint density at radius 1 is 0.833 bits per heavy atom. The summed E-state index contributed by atoms with van der Waals surface area (Å²) in [5.74, 6) is 2.98. The van der Waals surface area contributed by atoms with E-state index in [-0.39, 0.29) is 0 Å². The van der Waals surface area contributed by atoms with Gasteiger partial charge in [-0.15, -0.1) is 11.3 Å². The highest BCUT2D eigenvalue weighted by Crippen LogP contribution is 2.37. The number of aromatic nitrogens is 4. The molecule has 0 N–H and O–H groups in total. The van der Waals surface area contributed by atoms with Crippen molar-refractivity contribution in [3.05, 3.63) is 71.1 Å². The van der Waals surface area contributed by atoms with E-state index in [1.54, 1.807) is 11.3 Å². The molecule has 6 nitrogen and oxygen atoms in total. The van der Waals surface area contributed by atoms with Crippen LogP contribution >= 0.6 is 11.3 Å². The number of rotatable bonds is 4.